The van der Waals surface area contributed by atoms with Crippen molar-refractivity contribution in [3.8, 4) is 28.4 Å². The minimum atomic E-state index is -1.06. The van der Waals surface area contributed by atoms with E-state index in [0.717, 1.165) is 11.1 Å². The van der Waals surface area contributed by atoms with E-state index in [-0.39, 0.29) is 10.1 Å². The highest BCUT2D eigenvalue weighted by molar-refractivity contribution is 6.37. The van der Waals surface area contributed by atoms with E-state index in [1.807, 2.05) is 90.7 Å². The van der Waals surface area contributed by atoms with Gasteiger partial charge >= 0.3 is 0 Å². The molecule has 0 atom stereocenters. The summed E-state index contributed by atoms with van der Waals surface area (Å²) in [6, 6.07) is 26.3. The molecule has 4 aromatic carbocycles. The number of aromatic nitrogens is 1. The number of benzene rings is 4. The summed E-state index contributed by atoms with van der Waals surface area (Å²) in [4.78, 5) is 6.49. The highest BCUT2D eigenvalue weighted by Gasteiger charge is 2.27. The molecule has 1 heterocycles. The highest BCUT2D eigenvalue weighted by atomic mass is 35.5. The molecule has 0 spiro atoms. The van der Waals surface area contributed by atoms with Gasteiger partial charge < -0.3 is 18.8 Å². The van der Waals surface area contributed by atoms with Crippen LogP contribution in [0.5, 0.6) is 17.2 Å². The van der Waals surface area contributed by atoms with Crippen molar-refractivity contribution >= 4 is 49.3 Å². The average Bonchev–Trinajstić information content (AvgIpc) is 2.98. The molecule has 0 saturated carbocycles. The molecule has 0 radical (unpaired) electrons. The summed E-state index contributed by atoms with van der Waals surface area (Å²) in [7, 11) is 0.538. The monoisotopic (exact) mass is 600 g/mol. The first-order valence-corrected chi connectivity index (χ1v) is 15.5. The fourth-order valence-corrected chi connectivity index (χ4v) is 5.97. The second-order valence-corrected chi connectivity index (χ2v) is 14.1. The van der Waals surface area contributed by atoms with E-state index in [0.29, 0.717) is 51.9 Å². The Labute approximate surface area is 253 Å². The average molecular weight is 601 g/mol. The number of fused-ring (bicyclic) bond motifs is 1. The summed E-state index contributed by atoms with van der Waals surface area (Å²) in [5.41, 5.74) is 3.43. The van der Waals surface area contributed by atoms with Gasteiger partial charge in [0.2, 0.25) is 9.76 Å². The lowest BCUT2D eigenvalue weighted by Gasteiger charge is -2.29. The molecule has 5 nitrogen and oxygen atoms in total. The van der Waals surface area contributed by atoms with Gasteiger partial charge in [-0.1, -0.05) is 80.9 Å². The zero-order valence-corrected chi connectivity index (χ0v) is 26.6. The summed E-state index contributed by atoms with van der Waals surface area (Å²) < 4.78 is 34.9. The Morgan fingerprint density at radius 3 is 2.21 bits per heavy atom. The lowest BCUT2D eigenvalue weighted by molar-refractivity contribution is 0.311. The van der Waals surface area contributed by atoms with E-state index >= 15 is 4.39 Å². The van der Waals surface area contributed by atoms with Crippen LogP contribution in [0.4, 0.5) is 21.5 Å². The van der Waals surface area contributed by atoms with Crippen LogP contribution in [-0.4, -0.2) is 28.5 Å². The summed E-state index contributed by atoms with van der Waals surface area (Å²) in [5.74, 6) is 1.16. The van der Waals surface area contributed by atoms with Crippen LogP contribution in [0.25, 0.3) is 22.0 Å². The molecule has 0 aliphatic carbocycles. The molecule has 0 saturated heterocycles. The smallest absolute Gasteiger partial charge is 0.224 e. The van der Waals surface area contributed by atoms with E-state index in [9.17, 15) is 0 Å². The van der Waals surface area contributed by atoms with Gasteiger partial charge in [0.05, 0.1) is 35.6 Å². The maximum absolute atomic E-state index is 17.0. The second-order valence-electron chi connectivity index (χ2n) is 11.1. The summed E-state index contributed by atoms with van der Waals surface area (Å²) in [6.07, 6.45) is 1.71. The first-order valence-electron chi connectivity index (χ1n) is 13.9. The molecule has 5 rings (SSSR count). The molecule has 0 aliphatic rings. The number of hydrogen-bond donors (Lipinski definition) is 0. The lowest BCUT2D eigenvalue weighted by Crippen LogP contribution is -2.17. The van der Waals surface area contributed by atoms with E-state index < -0.39 is 15.6 Å². The largest absolute Gasteiger partial charge is 0.548 e. The third-order valence-corrected chi connectivity index (χ3v) is 8.37. The van der Waals surface area contributed by atoms with Gasteiger partial charge in [0.15, 0.2) is 17.3 Å². The number of halogens is 2. The molecular weight excluding hydrogens is 567 g/mol. The molecule has 1 aromatic heterocycles. The van der Waals surface area contributed by atoms with Gasteiger partial charge in [-0.3, -0.25) is 4.98 Å². The van der Waals surface area contributed by atoms with Crippen molar-refractivity contribution in [2.24, 2.45) is 0 Å². The van der Waals surface area contributed by atoms with Crippen molar-refractivity contribution < 1.29 is 18.3 Å². The van der Waals surface area contributed by atoms with E-state index in [2.05, 4.69) is 25.8 Å². The molecule has 0 amide bonds. The van der Waals surface area contributed by atoms with Gasteiger partial charge in [-0.2, -0.15) is 0 Å². The van der Waals surface area contributed by atoms with Gasteiger partial charge in [0, 0.05) is 35.0 Å². The number of methoxy groups -OCH3 is 1. The van der Waals surface area contributed by atoms with Crippen LogP contribution < -0.4 is 18.8 Å². The predicted octanol–water partition coefficient (Wildman–Crippen LogP) is 9.25. The topological polar surface area (TPSA) is 43.8 Å². The third kappa shape index (κ3) is 6.08. The van der Waals surface area contributed by atoms with E-state index in [1.165, 1.54) is 0 Å². The van der Waals surface area contributed by atoms with Crippen LogP contribution in [0.3, 0.4) is 0 Å². The standard InChI is InChI=1S/C34H34ClFN2O3Si/c1-6-40-29-20-25-24(19-28(29)39-5)26(17-18-37-25)38(23-15-11-8-12-16-23)27-21-30(41-42-34(2,3)4)32(35)31(33(27)36)22-13-9-7-10-14-22/h7-21H,6,42H2,1-5H3. The normalized spacial score (nSPS) is 11.7. The maximum atomic E-state index is 17.0. The van der Waals surface area contributed by atoms with E-state index in [4.69, 9.17) is 25.5 Å². The Morgan fingerprint density at radius 2 is 1.57 bits per heavy atom. The predicted molar refractivity (Wildman–Crippen MR) is 173 cm³/mol. The molecule has 216 valence electrons. The zero-order chi connectivity index (χ0) is 29.9. The molecule has 0 N–H and O–H groups in total. The Bertz CT molecular complexity index is 1700. The Kier molecular flexibility index (Phi) is 8.71. The van der Waals surface area contributed by atoms with Gasteiger partial charge in [-0.25, -0.2) is 4.39 Å². The molecule has 42 heavy (non-hydrogen) atoms. The second kappa shape index (κ2) is 12.4. The molecule has 0 fully saturated rings. The van der Waals surface area contributed by atoms with Crippen LogP contribution in [-0.2, 0) is 0 Å². The van der Waals surface area contributed by atoms with Crippen molar-refractivity contribution in [3.05, 3.63) is 102 Å². The SMILES string of the molecule is CCOc1cc2nccc(N(c3ccccc3)c3cc(O[SiH2]C(C)(C)C)c(Cl)c(-c4ccccc4)c3F)c2cc1OC. The molecule has 8 heteroatoms. The van der Waals surface area contributed by atoms with Gasteiger partial charge in [-0.05, 0) is 41.8 Å². The van der Waals surface area contributed by atoms with Crippen LogP contribution >= 0.6 is 11.6 Å². The Morgan fingerprint density at radius 1 is 0.881 bits per heavy atom. The number of para-hydroxylation sites is 1. The number of anilines is 3. The number of hydrogen-bond acceptors (Lipinski definition) is 5. The van der Waals surface area contributed by atoms with Crippen molar-refractivity contribution in [3.63, 3.8) is 0 Å². The lowest BCUT2D eigenvalue weighted by atomic mass is 10.0. The van der Waals surface area contributed by atoms with Crippen LogP contribution in [0.15, 0.2) is 91.1 Å². The zero-order valence-electron chi connectivity index (χ0n) is 24.4. The van der Waals surface area contributed by atoms with Crippen LogP contribution in [0, 0.1) is 5.82 Å². The molecule has 0 bridgehead atoms. The fraction of sp³-hybridized carbons (Fsp3) is 0.206. The molecular formula is C34H34ClFN2O3Si. The first-order chi connectivity index (χ1) is 20.2. The summed E-state index contributed by atoms with van der Waals surface area (Å²) >= 11 is 6.93. The van der Waals surface area contributed by atoms with Crippen molar-refractivity contribution in [2.75, 3.05) is 18.6 Å². The third-order valence-electron chi connectivity index (χ3n) is 6.67. The van der Waals surface area contributed by atoms with Crippen molar-refractivity contribution in [2.45, 2.75) is 32.7 Å². The summed E-state index contributed by atoms with van der Waals surface area (Å²) in [5, 5.41) is 1.03. The number of ether oxygens (including phenoxy) is 2. The number of nitrogens with zero attached hydrogens (tertiary/aromatic N) is 2. The minimum absolute atomic E-state index is 0.0000282. The van der Waals surface area contributed by atoms with Crippen LogP contribution in [0.2, 0.25) is 10.1 Å². The highest BCUT2D eigenvalue weighted by Crippen LogP contribution is 2.48. The van der Waals surface area contributed by atoms with Crippen molar-refractivity contribution in [1.29, 1.82) is 0 Å². The van der Waals surface area contributed by atoms with Crippen molar-refractivity contribution in [1.82, 2.24) is 4.98 Å². The van der Waals surface area contributed by atoms with Crippen LogP contribution in [0.1, 0.15) is 27.7 Å². The first kappa shape index (κ1) is 29.4. The Hall–Kier alpha value is -4.07. The quantitative estimate of drug-likeness (QED) is 0.158. The molecule has 0 aliphatic heterocycles. The van der Waals surface area contributed by atoms with Gasteiger partial charge in [0.25, 0.3) is 0 Å². The van der Waals surface area contributed by atoms with Gasteiger partial charge in [-0.15, -0.1) is 0 Å². The fourth-order valence-electron chi connectivity index (χ4n) is 4.77. The number of pyridine rings is 1. The Balaban J connectivity index is 1.82. The molecule has 5 aromatic rings. The summed E-state index contributed by atoms with van der Waals surface area (Å²) in [6.45, 7) is 8.81. The maximum Gasteiger partial charge on any atom is 0.224 e. The molecule has 0 unspecified atom stereocenters. The number of rotatable bonds is 9. The van der Waals surface area contributed by atoms with Gasteiger partial charge in [0.1, 0.15) is 5.75 Å². The minimum Gasteiger partial charge on any atom is -0.548 e. The van der Waals surface area contributed by atoms with E-state index in [1.54, 1.807) is 19.4 Å².